The second-order valence-electron chi connectivity index (χ2n) is 9.74. The molecule has 1 aliphatic carbocycles. The third kappa shape index (κ3) is 4.79. The Bertz CT molecular complexity index is 1200. The van der Waals surface area contributed by atoms with Crippen LogP contribution in [0.15, 0.2) is 15.7 Å². The number of aromatic nitrogens is 3. The van der Waals surface area contributed by atoms with E-state index in [0.717, 1.165) is 18.5 Å². The highest BCUT2D eigenvalue weighted by molar-refractivity contribution is 6.05. The molecule has 0 radical (unpaired) electrons. The van der Waals surface area contributed by atoms with Gasteiger partial charge >= 0.3 is 11.8 Å². The number of H-pyrrole nitrogens is 1. The van der Waals surface area contributed by atoms with E-state index in [4.69, 9.17) is 4.74 Å². The molecule has 1 aliphatic heterocycles. The van der Waals surface area contributed by atoms with Crippen LogP contribution in [-0.4, -0.2) is 68.1 Å². The van der Waals surface area contributed by atoms with Gasteiger partial charge in [-0.05, 0) is 46.1 Å². The van der Waals surface area contributed by atoms with Gasteiger partial charge in [0.1, 0.15) is 5.60 Å². The van der Waals surface area contributed by atoms with Gasteiger partial charge in [0.05, 0.1) is 10.9 Å². The molecule has 33 heavy (non-hydrogen) atoms. The first-order valence-corrected chi connectivity index (χ1v) is 11.5. The van der Waals surface area contributed by atoms with Gasteiger partial charge in [-0.2, -0.15) is 0 Å². The van der Waals surface area contributed by atoms with E-state index in [-0.39, 0.29) is 28.4 Å². The minimum absolute atomic E-state index is 0.145. The van der Waals surface area contributed by atoms with E-state index < -0.39 is 22.9 Å². The predicted octanol–water partition coefficient (Wildman–Crippen LogP) is 2.07. The van der Waals surface area contributed by atoms with E-state index in [0.29, 0.717) is 39.1 Å². The highest BCUT2D eigenvalue weighted by atomic mass is 16.6. The van der Waals surface area contributed by atoms with Crippen molar-refractivity contribution in [3.8, 4) is 0 Å². The number of aryl methyl sites for hydroxylation is 1. The van der Waals surface area contributed by atoms with Crippen molar-refractivity contribution in [2.45, 2.75) is 65.0 Å². The number of hydrogen-bond acceptors (Lipinski definition) is 6. The van der Waals surface area contributed by atoms with Crippen LogP contribution in [-0.2, 0) is 11.3 Å². The Hall–Kier alpha value is -3.17. The number of aromatic amines is 1. The smallest absolute Gasteiger partial charge is 0.410 e. The minimum Gasteiger partial charge on any atom is -0.444 e. The number of carbonyl (C=O) groups is 2. The zero-order valence-electron chi connectivity index (χ0n) is 19.6. The van der Waals surface area contributed by atoms with Crippen molar-refractivity contribution in [3.63, 3.8) is 0 Å². The first-order valence-electron chi connectivity index (χ1n) is 11.5. The fraction of sp³-hybridized carbons (Fsp3) is 0.609. The van der Waals surface area contributed by atoms with Crippen molar-refractivity contribution in [3.05, 3.63) is 38.2 Å². The molecule has 178 valence electrons. The number of amides is 2. The number of fused-ring (bicyclic) bond motifs is 1. The molecule has 10 nitrogen and oxygen atoms in total. The average Bonchev–Trinajstić information content (AvgIpc) is 3.59. The summed E-state index contributed by atoms with van der Waals surface area (Å²) in [6.45, 7) is 9.11. The summed E-state index contributed by atoms with van der Waals surface area (Å²) in [6, 6.07) is 1.71. The Morgan fingerprint density at radius 3 is 2.33 bits per heavy atom. The molecular formula is C23H31N5O5. The SMILES string of the molecule is CCCn1c(=O)[nH]c(=O)c2c(C(=O)N3CCN(C(=O)OC(C)(C)C)CC3)cc(C3CC3)nc21. The molecule has 1 saturated carbocycles. The zero-order valence-corrected chi connectivity index (χ0v) is 19.6. The molecule has 1 saturated heterocycles. The molecule has 0 aromatic carbocycles. The highest BCUT2D eigenvalue weighted by Gasteiger charge is 2.32. The molecule has 2 aromatic rings. The zero-order chi connectivity index (χ0) is 23.9. The lowest BCUT2D eigenvalue weighted by molar-refractivity contribution is 0.0141. The van der Waals surface area contributed by atoms with Gasteiger partial charge in [-0.1, -0.05) is 6.92 Å². The molecule has 0 unspecified atom stereocenters. The number of nitrogens with zero attached hydrogens (tertiary/aromatic N) is 4. The molecule has 2 aliphatic rings. The standard InChI is InChI=1S/C23H31N5O5/c1-5-8-28-18-17(19(29)25-21(28)31)15(13-16(24-18)14-6-7-14)20(30)26-9-11-27(12-10-26)22(32)33-23(2,3)4/h13-14H,5-12H2,1-4H3,(H,25,29,31). The van der Waals surface area contributed by atoms with Crippen molar-refractivity contribution in [1.82, 2.24) is 24.3 Å². The molecule has 10 heteroatoms. The van der Waals surface area contributed by atoms with Crippen LogP contribution in [0, 0.1) is 0 Å². The van der Waals surface area contributed by atoms with Crippen LogP contribution in [0.4, 0.5) is 4.79 Å². The molecule has 4 rings (SSSR count). The van der Waals surface area contributed by atoms with Gasteiger partial charge in [-0.3, -0.25) is 19.1 Å². The summed E-state index contributed by atoms with van der Waals surface area (Å²) in [6.07, 6.45) is 2.23. The fourth-order valence-corrected chi connectivity index (χ4v) is 4.07. The van der Waals surface area contributed by atoms with E-state index >= 15 is 0 Å². The predicted molar refractivity (Wildman–Crippen MR) is 123 cm³/mol. The van der Waals surface area contributed by atoms with E-state index in [1.165, 1.54) is 4.57 Å². The topological polar surface area (TPSA) is 118 Å². The van der Waals surface area contributed by atoms with Gasteiger partial charge in [0, 0.05) is 44.3 Å². The first-order chi connectivity index (χ1) is 15.6. The number of rotatable bonds is 4. The van der Waals surface area contributed by atoms with Gasteiger partial charge in [0.15, 0.2) is 5.65 Å². The lowest BCUT2D eigenvalue weighted by Crippen LogP contribution is -2.51. The molecule has 3 heterocycles. The lowest BCUT2D eigenvalue weighted by Gasteiger charge is -2.35. The number of piperazine rings is 1. The van der Waals surface area contributed by atoms with Gasteiger partial charge in [0.2, 0.25) is 0 Å². The summed E-state index contributed by atoms with van der Waals surface area (Å²) in [4.78, 5) is 61.3. The second kappa shape index (κ2) is 8.64. The summed E-state index contributed by atoms with van der Waals surface area (Å²) in [5.41, 5.74) is -0.432. The molecule has 0 spiro atoms. The van der Waals surface area contributed by atoms with Gasteiger partial charge in [-0.25, -0.2) is 14.6 Å². The van der Waals surface area contributed by atoms with Gasteiger partial charge < -0.3 is 14.5 Å². The Labute approximate surface area is 191 Å². The molecule has 2 aromatic heterocycles. The van der Waals surface area contributed by atoms with Gasteiger partial charge in [-0.15, -0.1) is 0 Å². The number of carbonyl (C=O) groups excluding carboxylic acids is 2. The van der Waals surface area contributed by atoms with Crippen LogP contribution >= 0.6 is 0 Å². The normalized spacial score (nSPS) is 16.8. The van der Waals surface area contributed by atoms with Crippen LogP contribution in [0.5, 0.6) is 0 Å². The maximum Gasteiger partial charge on any atom is 0.410 e. The molecular weight excluding hydrogens is 426 g/mol. The summed E-state index contributed by atoms with van der Waals surface area (Å²) in [5, 5.41) is 0.145. The van der Waals surface area contributed by atoms with Gasteiger partial charge in [0.25, 0.3) is 11.5 Å². The molecule has 2 amide bonds. The number of nitrogens with one attached hydrogen (secondary N) is 1. The first kappa shape index (κ1) is 23.0. The minimum atomic E-state index is -0.604. The van der Waals surface area contributed by atoms with Crippen LogP contribution in [0.2, 0.25) is 0 Å². The van der Waals surface area contributed by atoms with E-state index in [9.17, 15) is 19.2 Å². The summed E-state index contributed by atoms with van der Waals surface area (Å²) in [5.74, 6) is -0.0465. The lowest BCUT2D eigenvalue weighted by atomic mass is 10.1. The van der Waals surface area contributed by atoms with Crippen molar-refractivity contribution in [1.29, 1.82) is 0 Å². The van der Waals surface area contributed by atoms with Crippen molar-refractivity contribution in [2.24, 2.45) is 0 Å². The number of pyridine rings is 1. The third-order valence-electron chi connectivity index (χ3n) is 5.86. The summed E-state index contributed by atoms with van der Waals surface area (Å²) < 4.78 is 6.87. The Morgan fingerprint density at radius 1 is 1.12 bits per heavy atom. The monoisotopic (exact) mass is 457 g/mol. The van der Waals surface area contributed by atoms with Crippen LogP contribution in [0.1, 0.15) is 68.9 Å². The summed E-state index contributed by atoms with van der Waals surface area (Å²) >= 11 is 0. The van der Waals surface area contributed by atoms with Crippen LogP contribution < -0.4 is 11.2 Å². The van der Waals surface area contributed by atoms with E-state index in [1.807, 2.05) is 27.7 Å². The van der Waals surface area contributed by atoms with Crippen molar-refractivity contribution >= 4 is 23.0 Å². The van der Waals surface area contributed by atoms with Crippen molar-refractivity contribution < 1.29 is 14.3 Å². The van der Waals surface area contributed by atoms with E-state index in [1.54, 1.807) is 15.9 Å². The molecule has 1 N–H and O–H groups in total. The Balaban J connectivity index is 1.66. The molecule has 0 bridgehead atoms. The maximum absolute atomic E-state index is 13.5. The second-order valence-corrected chi connectivity index (χ2v) is 9.74. The maximum atomic E-state index is 13.5. The van der Waals surface area contributed by atoms with E-state index in [2.05, 4.69) is 9.97 Å². The number of hydrogen-bond donors (Lipinski definition) is 1. The average molecular weight is 458 g/mol. The molecule has 0 atom stereocenters. The quantitative estimate of drug-likeness (QED) is 0.751. The van der Waals surface area contributed by atoms with Crippen molar-refractivity contribution in [2.75, 3.05) is 26.2 Å². The fourth-order valence-electron chi connectivity index (χ4n) is 4.07. The van der Waals surface area contributed by atoms with Crippen LogP contribution in [0.25, 0.3) is 11.0 Å². The largest absolute Gasteiger partial charge is 0.444 e. The number of ether oxygens (including phenoxy) is 1. The molecule has 2 fully saturated rings. The Kier molecular flexibility index (Phi) is 6.02. The Morgan fingerprint density at radius 2 is 1.76 bits per heavy atom. The highest BCUT2D eigenvalue weighted by Crippen LogP contribution is 2.40. The van der Waals surface area contributed by atoms with Crippen LogP contribution in [0.3, 0.4) is 0 Å². The third-order valence-corrected chi connectivity index (χ3v) is 5.86. The summed E-state index contributed by atoms with van der Waals surface area (Å²) in [7, 11) is 0.